The van der Waals surface area contributed by atoms with Crippen LogP contribution >= 0.6 is 0 Å². The first-order valence-electron chi connectivity index (χ1n) is 9.03. The third-order valence-corrected chi connectivity index (χ3v) is 3.70. The average Bonchev–Trinajstić information content (AvgIpc) is 2.37. The van der Waals surface area contributed by atoms with E-state index in [1.807, 2.05) is 0 Å². The molecule has 0 saturated heterocycles. The Balaban J connectivity index is 3.55. The van der Waals surface area contributed by atoms with Crippen LogP contribution in [-0.2, 0) is 9.59 Å². The lowest BCUT2D eigenvalue weighted by atomic mass is 9.89. The molecule has 4 nitrogen and oxygen atoms in total. The van der Waals surface area contributed by atoms with Crippen molar-refractivity contribution in [2.75, 3.05) is 13.1 Å². The Labute approximate surface area is 143 Å². The molecule has 23 heavy (non-hydrogen) atoms. The third kappa shape index (κ3) is 17.1. The van der Waals surface area contributed by atoms with Crippen molar-refractivity contribution in [3.63, 3.8) is 0 Å². The summed E-state index contributed by atoms with van der Waals surface area (Å²) in [6, 6.07) is 0. The van der Waals surface area contributed by atoms with Gasteiger partial charge in [0, 0.05) is 25.9 Å². The molecule has 0 rings (SSSR count). The Kier molecular flexibility index (Phi) is 10.2. The minimum atomic E-state index is -0.0328. The van der Waals surface area contributed by atoms with Gasteiger partial charge in [-0.3, -0.25) is 9.59 Å². The monoisotopic (exact) mass is 326 g/mol. The van der Waals surface area contributed by atoms with Gasteiger partial charge in [0.05, 0.1) is 0 Å². The van der Waals surface area contributed by atoms with Crippen molar-refractivity contribution >= 4 is 11.8 Å². The summed E-state index contributed by atoms with van der Waals surface area (Å²) in [6.45, 7) is 14.6. The minimum absolute atomic E-state index is 0.0215. The summed E-state index contributed by atoms with van der Waals surface area (Å²) in [7, 11) is 0. The van der Waals surface area contributed by atoms with E-state index in [1.54, 1.807) is 0 Å². The van der Waals surface area contributed by atoms with Crippen molar-refractivity contribution in [3.05, 3.63) is 0 Å². The second-order valence-electron chi connectivity index (χ2n) is 8.88. The predicted molar refractivity (Wildman–Crippen MR) is 97.2 cm³/mol. The van der Waals surface area contributed by atoms with Crippen molar-refractivity contribution in [2.45, 2.75) is 86.5 Å². The van der Waals surface area contributed by atoms with Crippen molar-refractivity contribution < 1.29 is 9.59 Å². The molecule has 0 atom stereocenters. The fraction of sp³-hybridized carbons (Fsp3) is 0.895. The molecule has 2 amide bonds. The van der Waals surface area contributed by atoms with Gasteiger partial charge in [0.2, 0.25) is 11.8 Å². The fourth-order valence-corrected chi connectivity index (χ4v) is 2.17. The van der Waals surface area contributed by atoms with E-state index < -0.39 is 0 Å². The molecule has 0 aromatic rings. The topological polar surface area (TPSA) is 58.2 Å². The van der Waals surface area contributed by atoms with Gasteiger partial charge in [0.1, 0.15) is 0 Å². The Morgan fingerprint density at radius 1 is 0.652 bits per heavy atom. The SMILES string of the molecule is CC(C)(C)CCCCCNC(=O)CCC(=O)NCCC(C)(C)C. The molecule has 0 aliphatic rings. The zero-order valence-electron chi connectivity index (χ0n) is 16.2. The molecule has 0 spiro atoms. The van der Waals surface area contributed by atoms with Gasteiger partial charge in [-0.05, 0) is 30.1 Å². The van der Waals surface area contributed by atoms with E-state index in [-0.39, 0.29) is 30.1 Å². The number of carbonyl (C=O) groups is 2. The Morgan fingerprint density at radius 3 is 1.61 bits per heavy atom. The normalized spacial score (nSPS) is 12.1. The maximum absolute atomic E-state index is 11.7. The lowest BCUT2D eigenvalue weighted by Gasteiger charge is -2.18. The quantitative estimate of drug-likeness (QED) is 0.595. The molecule has 0 saturated carbocycles. The van der Waals surface area contributed by atoms with E-state index in [1.165, 1.54) is 12.8 Å². The molecule has 4 heteroatoms. The van der Waals surface area contributed by atoms with Gasteiger partial charge in [-0.1, -0.05) is 54.4 Å². The van der Waals surface area contributed by atoms with Gasteiger partial charge < -0.3 is 10.6 Å². The van der Waals surface area contributed by atoms with Gasteiger partial charge in [0.15, 0.2) is 0 Å². The number of amides is 2. The van der Waals surface area contributed by atoms with Crippen LogP contribution in [0.4, 0.5) is 0 Å². The van der Waals surface area contributed by atoms with Crippen LogP contribution in [0.1, 0.15) is 86.5 Å². The van der Waals surface area contributed by atoms with Gasteiger partial charge in [0.25, 0.3) is 0 Å². The summed E-state index contributed by atoms with van der Waals surface area (Å²) in [5.74, 6) is -0.0543. The highest BCUT2D eigenvalue weighted by Gasteiger charge is 2.11. The number of unbranched alkanes of at least 4 members (excludes halogenated alkanes) is 2. The lowest BCUT2D eigenvalue weighted by molar-refractivity contribution is -0.126. The number of hydrogen-bond acceptors (Lipinski definition) is 2. The molecule has 0 radical (unpaired) electrons. The molecule has 0 heterocycles. The van der Waals surface area contributed by atoms with E-state index >= 15 is 0 Å². The highest BCUT2D eigenvalue weighted by Crippen LogP contribution is 2.21. The summed E-state index contributed by atoms with van der Waals surface area (Å²) in [6.07, 6.45) is 6.08. The van der Waals surface area contributed by atoms with Crippen LogP contribution in [0, 0.1) is 10.8 Å². The molecule has 0 fully saturated rings. The van der Waals surface area contributed by atoms with Crippen molar-refractivity contribution in [1.29, 1.82) is 0 Å². The molecule has 0 aromatic heterocycles. The van der Waals surface area contributed by atoms with Crippen LogP contribution < -0.4 is 10.6 Å². The van der Waals surface area contributed by atoms with Gasteiger partial charge in [-0.25, -0.2) is 0 Å². The van der Waals surface area contributed by atoms with E-state index in [0.29, 0.717) is 18.5 Å². The highest BCUT2D eigenvalue weighted by molar-refractivity contribution is 5.83. The number of rotatable bonds is 10. The second kappa shape index (κ2) is 10.7. The zero-order chi connectivity index (χ0) is 17.9. The van der Waals surface area contributed by atoms with Crippen LogP contribution in [-0.4, -0.2) is 24.9 Å². The Hall–Kier alpha value is -1.06. The molecule has 136 valence electrons. The van der Waals surface area contributed by atoms with Gasteiger partial charge in [-0.2, -0.15) is 0 Å². The Morgan fingerprint density at radius 2 is 1.13 bits per heavy atom. The molecule has 0 aromatic carbocycles. The van der Waals surface area contributed by atoms with Crippen LogP contribution in [0.2, 0.25) is 0 Å². The van der Waals surface area contributed by atoms with Crippen LogP contribution in [0.3, 0.4) is 0 Å². The smallest absolute Gasteiger partial charge is 0.220 e. The number of carbonyl (C=O) groups excluding carboxylic acids is 2. The summed E-state index contributed by atoms with van der Waals surface area (Å²) < 4.78 is 0. The largest absolute Gasteiger partial charge is 0.356 e. The third-order valence-electron chi connectivity index (χ3n) is 3.70. The summed E-state index contributed by atoms with van der Waals surface area (Å²) in [5.41, 5.74) is 0.612. The molecule has 0 aliphatic carbocycles. The molecular weight excluding hydrogens is 288 g/mol. The lowest BCUT2D eigenvalue weighted by Crippen LogP contribution is -2.30. The van der Waals surface area contributed by atoms with Crippen LogP contribution in [0.25, 0.3) is 0 Å². The summed E-state index contributed by atoms with van der Waals surface area (Å²) >= 11 is 0. The van der Waals surface area contributed by atoms with Crippen LogP contribution in [0.15, 0.2) is 0 Å². The molecule has 0 bridgehead atoms. The first kappa shape index (κ1) is 21.9. The van der Waals surface area contributed by atoms with Crippen molar-refractivity contribution in [3.8, 4) is 0 Å². The summed E-state index contributed by atoms with van der Waals surface area (Å²) in [5, 5.41) is 5.77. The molecular formula is C19H38N2O2. The number of hydrogen-bond donors (Lipinski definition) is 2. The molecule has 0 aliphatic heterocycles. The van der Waals surface area contributed by atoms with E-state index in [2.05, 4.69) is 52.2 Å². The highest BCUT2D eigenvalue weighted by atomic mass is 16.2. The maximum atomic E-state index is 11.7. The molecule has 0 unspecified atom stereocenters. The second-order valence-corrected chi connectivity index (χ2v) is 8.88. The van der Waals surface area contributed by atoms with Crippen molar-refractivity contribution in [1.82, 2.24) is 10.6 Å². The van der Waals surface area contributed by atoms with Gasteiger partial charge in [-0.15, -0.1) is 0 Å². The van der Waals surface area contributed by atoms with E-state index in [0.717, 1.165) is 19.3 Å². The maximum Gasteiger partial charge on any atom is 0.220 e. The standard InChI is InChI=1S/C19H38N2O2/c1-18(2,3)12-8-7-9-14-20-16(22)10-11-17(23)21-15-13-19(4,5)6/h7-15H2,1-6H3,(H,20,22)(H,21,23). The first-order chi connectivity index (χ1) is 10.5. The molecule has 2 N–H and O–H groups in total. The van der Waals surface area contributed by atoms with Gasteiger partial charge >= 0.3 is 0 Å². The van der Waals surface area contributed by atoms with E-state index in [9.17, 15) is 9.59 Å². The van der Waals surface area contributed by atoms with Crippen LogP contribution in [0.5, 0.6) is 0 Å². The zero-order valence-corrected chi connectivity index (χ0v) is 16.2. The average molecular weight is 327 g/mol. The fourth-order valence-electron chi connectivity index (χ4n) is 2.17. The first-order valence-corrected chi connectivity index (χ1v) is 9.03. The van der Waals surface area contributed by atoms with Crippen molar-refractivity contribution in [2.24, 2.45) is 10.8 Å². The number of nitrogens with one attached hydrogen (secondary N) is 2. The van der Waals surface area contributed by atoms with E-state index in [4.69, 9.17) is 0 Å². The predicted octanol–water partition coefficient (Wildman–Crippen LogP) is 4.04. The summed E-state index contributed by atoms with van der Waals surface area (Å²) in [4.78, 5) is 23.3. The minimum Gasteiger partial charge on any atom is -0.356 e. The Bertz CT molecular complexity index is 351.